The van der Waals surface area contributed by atoms with Gasteiger partial charge in [0.2, 0.25) is 5.95 Å². The predicted molar refractivity (Wildman–Crippen MR) is 144 cm³/mol. The van der Waals surface area contributed by atoms with E-state index >= 15 is 0 Å². The maximum atomic E-state index is 13.3. The van der Waals surface area contributed by atoms with Gasteiger partial charge in [-0.15, -0.1) is 0 Å². The lowest BCUT2D eigenvalue weighted by molar-refractivity contribution is -0.116. The highest BCUT2D eigenvalue weighted by molar-refractivity contribution is 5.98. The first-order valence-corrected chi connectivity index (χ1v) is 14.1. The number of fused-ring (bicyclic) bond motifs is 1. The van der Waals surface area contributed by atoms with Gasteiger partial charge in [-0.05, 0) is 50.3 Å². The zero-order valence-electron chi connectivity index (χ0n) is 22.2. The summed E-state index contributed by atoms with van der Waals surface area (Å²) in [5.41, 5.74) is 3.59. The maximum absolute atomic E-state index is 13.3. The molecule has 1 spiro atoms. The van der Waals surface area contributed by atoms with Gasteiger partial charge >= 0.3 is 0 Å². The average molecular weight is 506 g/mol. The number of amides is 1. The van der Waals surface area contributed by atoms with Crippen LogP contribution >= 0.6 is 0 Å². The van der Waals surface area contributed by atoms with Gasteiger partial charge in [0.15, 0.2) is 0 Å². The molecule has 1 aromatic carbocycles. The topological polar surface area (TPSA) is 79.8 Å². The Kier molecular flexibility index (Phi) is 6.80. The molecule has 198 valence electrons. The molecule has 2 saturated heterocycles. The molecule has 4 aliphatic rings. The van der Waals surface area contributed by atoms with Gasteiger partial charge in [-0.3, -0.25) is 4.79 Å². The molecular weight excluding hydrogens is 466 g/mol. The summed E-state index contributed by atoms with van der Waals surface area (Å²) in [7, 11) is 0. The van der Waals surface area contributed by atoms with E-state index in [2.05, 4.69) is 34.5 Å². The van der Waals surface area contributed by atoms with Crippen molar-refractivity contribution < 1.29 is 14.3 Å². The smallest absolute Gasteiger partial charge is 0.273 e. The van der Waals surface area contributed by atoms with Crippen LogP contribution in [0.25, 0.3) is 0 Å². The van der Waals surface area contributed by atoms with Crippen LogP contribution in [-0.2, 0) is 16.0 Å². The SMILES string of the molecule is CC(C)N1Cc2c(Nc3ccc(C4CCCCC4)cc3)nc(N3CCOC4(CCOCC4)C3)nc2C1=O. The maximum Gasteiger partial charge on any atom is 0.273 e. The van der Waals surface area contributed by atoms with Gasteiger partial charge in [-0.1, -0.05) is 31.4 Å². The summed E-state index contributed by atoms with van der Waals surface area (Å²) >= 11 is 0. The molecular formula is C29H39N5O3. The number of carbonyl (C=O) groups excluding carboxylic acids is 1. The number of aromatic nitrogens is 2. The minimum Gasteiger partial charge on any atom is -0.381 e. The second-order valence-corrected chi connectivity index (χ2v) is 11.4. The lowest BCUT2D eigenvalue weighted by atomic mass is 9.84. The van der Waals surface area contributed by atoms with Crippen molar-refractivity contribution in [1.82, 2.24) is 14.9 Å². The summed E-state index contributed by atoms with van der Waals surface area (Å²) in [6, 6.07) is 8.91. The third-order valence-corrected chi connectivity index (χ3v) is 8.60. The normalized spacial score (nSPS) is 22.1. The minimum atomic E-state index is -0.227. The van der Waals surface area contributed by atoms with Crippen LogP contribution in [0.5, 0.6) is 0 Å². The largest absolute Gasteiger partial charge is 0.381 e. The number of hydrogen-bond acceptors (Lipinski definition) is 7. The molecule has 37 heavy (non-hydrogen) atoms. The van der Waals surface area contributed by atoms with Crippen molar-refractivity contribution in [2.24, 2.45) is 0 Å². The Balaban J connectivity index is 1.30. The molecule has 3 fully saturated rings. The van der Waals surface area contributed by atoms with Crippen molar-refractivity contribution >= 4 is 23.4 Å². The first-order chi connectivity index (χ1) is 18.0. The number of carbonyl (C=O) groups is 1. The van der Waals surface area contributed by atoms with Crippen LogP contribution in [0.1, 0.15) is 86.3 Å². The van der Waals surface area contributed by atoms with Crippen molar-refractivity contribution in [3.63, 3.8) is 0 Å². The zero-order chi connectivity index (χ0) is 25.4. The molecule has 3 aliphatic heterocycles. The van der Waals surface area contributed by atoms with E-state index in [1.165, 1.54) is 37.7 Å². The van der Waals surface area contributed by atoms with Crippen LogP contribution in [0.4, 0.5) is 17.5 Å². The second-order valence-electron chi connectivity index (χ2n) is 11.4. The van der Waals surface area contributed by atoms with Gasteiger partial charge in [0.05, 0.1) is 25.3 Å². The molecule has 6 rings (SSSR count). The van der Waals surface area contributed by atoms with Gasteiger partial charge in [-0.2, -0.15) is 4.98 Å². The molecule has 1 N–H and O–H groups in total. The van der Waals surface area contributed by atoms with E-state index in [9.17, 15) is 4.79 Å². The number of nitrogens with zero attached hydrogens (tertiary/aromatic N) is 4. The lowest BCUT2D eigenvalue weighted by Gasteiger charge is -2.44. The quantitative estimate of drug-likeness (QED) is 0.611. The van der Waals surface area contributed by atoms with Crippen molar-refractivity contribution in [3.05, 3.63) is 41.1 Å². The first kappa shape index (κ1) is 24.6. The Morgan fingerprint density at radius 1 is 1.03 bits per heavy atom. The Labute approximate surface area is 219 Å². The average Bonchev–Trinajstić information content (AvgIpc) is 3.27. The van der Waals surface area contributed by atoms with Crippen LogP contribution in [0.3, 0.4) is 0 Å². The highest BCUT2D eigenvalue weighted by Crippen LogP contribution is 2.36. The summed E-state index contributed by atoms with van der Waals surface area (Å²) in [6.07, 6.45) is 8.33. The molecule has 2 aromatic rings. The Bertz CT molecular complexity index is 1120. The molecule has 1 aromatic heterocycles. The molecule has 1 saturated carbocycles. The number of nitrogens with one attached hydrogen (secondary N) is 1. The summed E-state index contributed by atoms with van der Waals surface area (Å²) in [5, 5.41) is 3.56. The van der Waals surface area contributed by atoms with Crippen LogP contribution < -0.4 is 10.2 Å². The van der Waals surface area contributed by atoms with E-state index in [-0.39, 0.29) is 17.6 Å². The van der Waals surface area contributed by atoms with Crippen molar-refractivity contribution in [2.45, 2.75) is 82.9 Å². The third kappa shape index (κ3) is 4.93. The third-order valence-electron chi connectivity index (χ3n) is 8.60. The van der Waals surface area contributed by atoms with E-state index in [4.69, 9.17) is 19.4 Å². The number of rotatable bonds is 5. The number of hydrogen-bond donors (Lipinski definition) is 1. The minimum absolute atomic E-state index is 0.0154. The van der Waals surface area contributed by atoms with Gasteiger partial charge in [0, 0.05) is 49.9 Å². The van der Waals surface area contributed by atoms with E-state index < -0.39 is 0 Å². The fourth-order valence-corrected chi connectivity index (χ4v) is 6.31. The molecule has 0 radical (unpaired) electrons. The van der Waals surface area contributed by atoms with Crippen LogP contribution in [0.2, 0.25) is 0 Å². The van der Waals surface area contributed by atoms with Crippen molar-refractivity contribution in [1.29, 1.82) is 0 Å². The van der Waals surface area contributed by atoms with Gasteiger partial charge in [-0.25, -0.2) is 4.98 Å². The lowest BCUT2D eigenvalue weighted by Crippen LogP contribution is -2.55. The highest BCUT2D eigenvalue weighted by atomic mass is 16.5. The molecule has 4 heterocycles. The number of anilines is 3. The van der Waals surface area contributed by atoms with E-state index in [1.54, 1.807) is 0 Å². The number of benzene rings is 1. The van der Waals surface area contributed by atoms with Crippen molar-refractivity contribution in [3.8, 4) is 0 Å². The Morgan fingerprint density at radius 3 is 2.51 bits per heavy atom. The predicted octanol–water partition coefficient (Wildman–Crippen LogP) is 5.02. The number of morpholine rings is 1. The Morgan fingerprint density at radius 2 is 1.78 bits per heavy atom. The van der Waals surface area contributed by atoms with Gasteiger partial charge in [0.25, 0.3) is 5.91 Å². The van der Waals surface area contributed by atoms with E-state index in [0.29, 0.717) is 57.0 Å². The molecule has 0 bridgehead atoms. The summed E-state index contributed by atoms with van der Waals surface area (Å²) in [4.78, 5) is 27.3. The van der Waals surface area contributed by atoms with Crippen LogP contribution in [0, 0.1) is 0 Å². The zero-order valence-corrected chi connectivity index (χ0v) is 22.2. The van der Waals surface area contributed by atoms with Gasteiger partial charge < -0.3 is 24.6 Å². The molecule has 1 aliphatic carbocycles. The molecule has 8 nitrogen and oxygen atoms in total. The van der Waals surface area contributed by atoms with Gasteiger partial charge in [0.1, 0.15) is 11.5 Å². The summed E-state index contributed by atoms with van der Waals surface area (Å²) in [6.45, 7) is 8.09. The second kappa shape index (κ2) is 10.2. The number of ether oxygens (including phenoxy) is 2. The van der Waals surface area contributed by atoms with E-state index in [1.807, 2.05) is 18.7 Å². The molecule has 8 heteroatoms. The Hall–Kier alpha value is -2.71. The standard InChI is InChI=1S/C29H39N5O3/c1-20(2)34-18-24-25(27(34)35)31-28(33-14-17-37-29(19-33)12-15-36-16-13-29)32-26(24)30-23-10-8-22(9-11-23)21-6-4-3-5-7-21/h8-11,20-21H,3-7,12-19H2,1-2H3,(H,30,31,32). The molecule has 0 atom stereocenters. The molecule has 1 amide bonds. The van der Waals surface area contributed by atoms with Crippen LogP contribution in [-0.4, -0.2) is 65.3 Å². The van der Waals surface area contributed by atoms with Crippen molar-refractivity contribution in [2.75, 3.05) is 43.1 Å². The van der Waals surface area contributed by atoms with E-state index in [0.717, 1.165) is 29.9 Å². The molecule has 0 unspecified atom stereocenters. The monoisotopic (exact) mass is 505 g/mol. The van der Waals surface area contributed by atoms with Crippen LogP contribution in [0.15, 0.2) is 24.3 Å². The first-order valence-electron chi connectivity index (χ1n) is 14.1. The highest BCUT2D eigenvalue weighted by Gasteiger charge is 2.40. The summed E-state index contributed by atoms with van der Waals surface area (Å²) in [5.74, 6) is 2.00. The fourth-order valence-electron chi connectivity index (χ4n) is 6.31. The summed E-state index contributed by atoms with van der Waals surface area (Å²) < 4.78 is 11.8. The fraction of sp³-hybridized carbons (Fsp3) is 0.621.